The van der Waals surface area contributed by atoms with E-state index in [9.17, 15) is 9.59 Å². The highest BCUT2D eigenvalue weighted by molar-refractivity contribution is 5.94. The quantitative estimate of drug-likeness (QED) is 0.842. The molecule has 0 bridgehead atoms. The van der Waals surface area contributed by atoms with Crippen molar-refractivity contribution in [2.24, 2.45) is 0 Å². The molecule has 0 aliphatic carbocycles. The van der Waals surface area contributed by atoms with E-state index in [-0.39, 0.29) is 36.3 Å². The van der Waals surface area contributed by atoms with Crippen molar-refractivity contribution in [2.45, 2.75) is 18.6 Å². The molecule has 1 aliphatic rings. The molecule has 1 N–H and O–H groups in total. The standard InChI is InChI=1S/C18H22N4O4/c1-22(2)17(23)11-26-16-10-25-8-7-14(16)21-18(24)15-9-19-12-5-3-4-6-13(12)20-15/h3-6,9,14,16H,7-8,10-11H2,1-2H3,(H,21,24)/t14-,16-/m1/s1. The Kier molecular flexibility index (Phi) is 5.75. The van der Waals surface area contributed by atoms with E-state index < -0.39 is 0 Å². The van der Waals surface area contributed by atoms with Gasteiger partial charge in [0.05, 0.1) is 29.9 Å². The first kappa shape index (κ1) is 18.2. The maximum Gasteiger partial charge on any atom is 0.271 e. The van der Waals surface area contributed by atoms with E-state index in [0.717, 1.165) is 5.52 Å². The predicted octanol–water partition coefficient (Wildman–Crippen LogP) is 0.622. The minimum Gasteiger partial charge on any atom is -0.379 e. The normalized spacial score (nSPS) is 19.9. The lowest BCUT2D eigenvalue weighted by atomic mass is 10.1. The molecule has 0 radical (unpaired) electrons. The fourth-order valence-electron chi connectivity index (χ4n) is 2.66. The molecule has 26 heavy (non-hydrogen) atoms. The number of rotatable bonds is 5. The number of aromatic nitrogens is 2. The minimum atomic E-state index is -0.384. The summed E-state index contributed by atoms with van der Waals surface area (Å²) in [5.74, 6) is -0.455. The fourth-order valence-corrected chi connectivity index (χ4v) is 2.66. The number of hydrogen-bond donors (Lipinski definition) is 1. The molecule has 1 aliphatic heterocycles. The van der Waals surface area contributed by atoms with Gasteiger partial charge in [-0.3, -0.25) is 14.6 Å². The van der Waals surface area contributed by atoms with Gasteiger partial charge in [-0.2, -0.15) is 0 Å². The zero-order chi connectivity index (χ0) is 18.5. The van der Waals surface area contributed by atoms with Gasteiger partial charge in [0.1, 0.15) is 18.4 Å². The van der Waals surface area contributed by atoms with Gasteiger partial charge < -0.3 is 19.7 Å². The number of nitrogens with one attached hydrogen (secondary N) is 1. The van der Waals surface area contributed by atoms with Crippen LogP contribution in [-0.4, -0.2) is 72.7 Å². The van der Waals surface area contributed by atoms with Crippen LogP contribution in [0.1, 0.15) is 16.9 Å². The Morgan fingerprint density at radius 1 is 1.31 bits per heavy atom. The Morgan fingerprint density at radius 3 is 2.85 bits per heavy atom. The maximum atomic E-state index is 12.6. The van der Waals surface area contributed by atoms with Gasteiger partial charge in [-0.25, -0.2) is 4.98 Å². The van der Waals surface area contributed by atoms with Crippen molar-refractivity contribution in [3.05, 3.63) is 36.2 Å². The zero-order valence-electron chi connectivity index (χ0n) is 14.8. The third-order valence-electron chi connectivity index (χ3n) is 4.22. The summed E-state index contributed by atoms with van der Waals surface area (Å²) in [6.07, 6.45) is 1.68. The van der Waals surface area contributed by atoms with Crippen molar-refractivity contribution in [3.63, 3.8) is 0 Å². The molecule has 0 unspecified atom stereocenters. The number of ether oxygens (including phenoxy) is 2. The molecule has 3 rings (SSSR count). The molecule has 1 saturated heterocycles. The zero-order valence-corrected chi connectivity index (χ0v) is 14.8. The third kappa shape index (κ3) is 4.33. The lowest BCUT2D eigenvalue weighted by Crippen LogP contribution is -2.50. The first-order chi connectivity index (χ1) is 12.5. The van der Waals surface area contributed by atoms with Crippen molar-refractivity contribution in [1.29, 1.82) is 0 Å². The summed E-state index contributed by atoms with van der Waals surface area (Å²) in [6, 6.07) is 7.12. The van der Waals surface area contributed by atoms with Gasteiger partial charge in [-0.05, 0) is 18.6 Å². The largest absolute Gasteiger partial charge is 0.379 e. The van der Waals surface area contributed by atoms with Gasteiger partial charge in [-0.15, -0.1) is 0 Å². The van der Waals surface area contributed by atoms with Crippen LogP contribution in [-0.2, 0) is 14.3 Å². The van der Waals surface area contributed by atoms with Crippen LogP contribution < -0.4 is 5.32 Å². The van der Waals surface area contributed by atoms with Crippen LogP contribution in [0.4, 0.5) is 0 Å². The summed E-state index contributed by atoms with van der Waals surface area (Å²) >= 11 is 0. The fraction of sp³-hybridized carbons (Fsp3) is 0.444. The Balaban J connectivity index is 1.66. The molecular formula is C18H22N4O4. The monoisotopic (exact) mass is 358 g/mol. The Hall–Kier alpha value is -2.58. The van der Waals surface area contributed by atoms with Crippen molar-refractivity contribution >= 4 is 22.8 Å². The molecule has 0 saturated carbocycles. The summed E-state index contributed by atoms with van der Waals surface area (Å²) in [5.41, 5.74) is 1.65. The highest BCUT2D eigenvalue weighted by atomic mass is 16.5. The van der Waals surface area contributed by atoms with Gasteiger partial charge in [0.2, 0.25) is 5.91 Å². The number of carbonyl (C=O) groups is 2. The summed E-state index contributed by atoms with van der Waals surface area (Å²) < 4.78 is 11.1. The van der Waals surface area contributed by atoms with Gasteiger partial charge in [-0.1, -0.05) is 12.1 Å². The topological polar surface area (TPSA) is 93.7 Å². The van der Waals surface area contributed by atoms with E-state index in [1.54, 1.807) is 14.1 Å². The SMILES string of the molecule is CN(C)C(=O)CO[C@@H]1COCC[C@H]1NC(=O)c1cnc2ccccc2n1. The number of para-hydroxylation sites is 2. The lowest BCUT2D eigenvalue weighted by Gasteiger charge is -2.32. The van der Waals surface area contributed by atoms with Crippen LogP contribution in [0.25, 0.3) is 11.0 Å². The third-order valence-corrected chi connectivity index (χ3v) is 4.22. The predicted molar refractivity (Wildman–Crippen MR) is 94.7 cm³/mol. The average molecular weight is 358 g/mol. The van der Waals surface area contributed by atoms with E-state index in [2.05, 4.69) is 15.3 Å². The van der Waals surface area contributed by atoms with E-state index in [0.29, 0.717) is 25.2 Å². The second-order valence-electron chi connectivity index (χ2n) is 6.33. The average Bonchev–Trinajstić information content (AvgIpc) is 2.66. The maximum absolute atomic E-state index is 12.6. The molecule has 2 aromatic rings. The van der Waals surface area contributed by atoms with Crippen LogP contribution in [0, 0.1) is 0 Å². The second kappa shape index (κ2) is 8.20. The highest BCUT2D eigenvalue weighted by Crippen LogP contribution is 2.13. The molecule has 1 aromatic carbocycles. The van der Waals surface area contributed by atoms with E-state index in [1.165, 1.54) is 11.1 Å². The summed E-state index contributed by atoms with van der Waals surface area (Å²) in [4.78, 5) is 34.4. The molecular weight excluding hydrogens is 336 g/mol. The first-order valence-electron chi connectivity index (χ1n) is 8.47. The van der Waals surface area contributed by atoms with E-state index >= 15 is 0 Å². The molecule has 1 fully saturated rings. The van der Waals surface area contributed by atoms with E-state index in [4.69, 9.17) is 9.47 Å². The number of likely N-dealkylation sites (N-methyl/N-ethyl adjacent to an activating group) is 1. The Bertz CT molecular complexity index is 796. The van der Waals surface area contributed by atoms with Crippen molar-refractivity contribution in [3.8, 4) is 0 Å². The van der Waals surface area contributed by atoms with Gasteiger partial charge in [0, 0.05) is 20.7 Å². The molecule has 0 spiro atoms. The number of nitrogens with zero attached hydrogens (tertiary/aromatic N) is 3. The Labute approximate surface area is 151 Å². The van der Waals surface area contributed by atoms with Gasteiger partial charge in [0.25, 0.3) is 5.91 Å². The summed E-state index contributed by atoms with van der Waals surface area (Å²) in [6.45, 7) is 0.800. The molecule has 1 aromatic heterocycles. The lowest BCUT2D eigenvalue weighted by molar-refractivity contribution is -0.140. The molecule has 2 heterocycles. The van der Waals surface area contributed by atoms with Crippen molar-refractivity contribution < 1.29 is 19.1 Å². The van der Waals surface area contributed by atoms with E-state index in [1.807, 2.05) is 24.3 Å². The van der Waals surface area contributed by atoms with Crippen molar-refractivity contribution in [1.82, 2.24) is 20.2 Å². The van der Waals surface area contributed by atoms with Crippen LogP contribution >= 0.6 is 0 Å². The van der Waals surface area contributed by atoms with Crippen LogP contribution in [0.5, 0.6) is 0 Å². The smallest absolute Gasteiger partial charge is 0.271 e. The Morgan fingerprint density at radius 2 is 2.08 bits per heavy atom. The molecule has 8 nitrogen and oxygen atoms in total. The summed E-state index contributed by atoms with van der Waals surface area (Å²) in [7, 11) is 3.33. The number of fused-ring (bicyclic) bond motifs is 1. The highest BCUT2D eigenvalue weighted by Gasteiger charge is 2.29. The van der Waals surface area contributed by atoms with Crippen LogP contribution in [0.2, 0.25) is 0 Å². The van der Waals surface area contributed by atoms with Crippen LogP contribution in [0.3, 0.4) is 0 Å². The number of hydrogen-bond acceptors (Lipinski definition) is 6. The number of carbonyl (C=O) groups excluding carboxylic acids is 2. The second-order valence-corrected chi connectivity index (χ2v) is 6.33. The number of amides is 2. The minimum absolute atomic E-state index is 0.0524. The van der Waals surface area contributed by atoms with Crippen LogP contribution in [0.15, 0.2) is 30.5 Å². The number of benzene rings is 1. The van der Waals surface area contributed by atoms with Gasteiger partial charge >= 0.3 is 0 Å². The van der Waals surface area contributed by atoms with Crippen molar-refractivity contribution in [2.75, 3.05) is 33.9 Å². The molecule has 138 valence electrons. The summed E-state index contributed by atoms with van der Waals surface area (Å²) in [5, 5.41) is 2.93. The first-order valence-corrected chi connectivity index (χ1v) is 8.47. The molecule has 2 amide bonds. The van der Waals surface area contributed by atoms with Gasteiger partial charge in [0.15, 0.2) is 0 Å². The molecule has 2 atom stereocenters. The molecule has 8 heteroatoms.